The SMILES string of the molecule is Cc1nc(Br)ccc1NC(=O)CN(C)C. The van der Waals surface area contributed by atoms with Gasteiger partial charge in [0.2, 0.25) is 5.91 Å². The lowest BCUT2D eigenvalue weighted by atomic mass is 10.3. The standard InChI is InChI=1S/C10H14BrN3O/c1-7-8(4-5-9(11)12-7)13-10(15)6-14(2)3/h4-5H,6H2,1-3H3,(H,13,15). The van der Waals surface area contributed by atoms with E-state index in [9.17, 15) is 4.79 Å². The van der Waals surface area contributed by atoms with Gasteiger partial charge in [-0.25, -0.2) is 4.98 Å². The van der Waals surface area contributed by atoms with E-state index in [0.29, 0.717) is 6.54 Å². The van der Waals surface area contributed by atoms with Gasteiger partial charge in [0, 0.05) is 0 Å². The summed E-state index contributed by atoms with van der Waals surface area (Å²) in [6.45, 7) is 2.23. The van der Waals surface area contributed by atoms with Gasteiger partial charge in [0.25, 0.3) is 0 Å². The molecule has 1 aromatic heterocycles. The lowest BCUT2D eigenvalue weighted by Gasteiger charge is -2.11. The van der Waals surface area contributed by atoms with Gasteiger partial charge in [-0.1, -0.05) is 0 Å². The van der Waals surface area contributed by atoms with Crippen molar-refractivity contribution in [2.45, 2.75) is 6.92 Å². The Kier molecular flexibility index (Phi) is 4.23. The molecule has 0 aromatic carbocycles. The topological polar surface area (TPSA) is 45.2 Å². The van der Waals surface area contributed by atoms with Crippen LogP contribution in [-0.4, -0.2) is 36.4 Å². The van der Waals surface area contributed by atoms with E-state index >= 15 is 0 Å². The summed E-state index contributed by atoms with van der Waals surface area (Å²) >= 11 is 3.27. The maximum atomic E-state index is 11.5. The number of hydrogen-bond donors (Lipinski definition) is 1. The van der Waals surface area contributed by atoms with Crippen molar-refractivity contribution in [3.8, 4) is 0 Å². The normalized spacial score (nSPS) is 10.5. The Bertz CT molecular complexity index is 366. The highest BCUT2D eigenvalue weighted by atomic mass is 79.9. The summed E-state index contributed by atoms with van der Waals surface area (Å²) in [4.78, 5) is 17.5. The van der Waals surface area contributed by atoms with Crippen LogP contribution in [0.3, 0.4) is 0 Å². The van der Waals surface area contributed by atoms with Crippen LogP contribution in [0.5, 0.6) is 0 Å². The minimum absolute atomic E-state index is 0.0350. The quantitative estimate of drug-likeness (QED) is 0.851. The summed E-state index contributed by atoms with van der Waals surface area (Å²) in [7, 11) is 3.71. The lowest BCUT2D eigenvalue weighted by molar-refractivity contribution is -0.116. The minimum Gasteiger partial charge on any atom is -0.323 e. The third-order valence-electron chi connectivity index (χ3n) is 1.79. The van der Waals surface area contributed by atoms with Crippen molar-refractivity contribution in [2.75, 3.05) is 26.0 Å². The van der Waals surface area contributed by atoms with Gasteiger partial charge in [-0.2, -0.15) is 0 Å². The number of pyridine rings is 1. The van der Waals surface area contributed by atoms with E-state index in [0.717, 1.165) is 16.0 Å². The first kappa shape index (κ1) is 12.1. The molecular weight excluding hydrogens is 258 g/mol. The molecule has 1 N–H and O–H groups in total. The Morgan fingerprint density at radius 1 is 1.53 bits per heavy atom. The minimum atomic E-state index is -0.0350. The molecule has 1 aromatic rings. The van der Waals surface area contributed by atoms with Crippen molar-refractivity contribution in [3.05, 3.63) is 22.4 Å². The molecule has 0 atom stereocenters. The van der Waals surface area contributed by atoms with Gasteiger partial charge in [-0.05, 0) is 49.1 Å². The molecule has 0 aliphatic heterocycles. The Morgan fingerprint density at radius 3 is 2.73 bits per heavy atom. The number of halogens is 1. The van der Waals surface area contributed by atoms with Crippen LogP contribution >= 0.6 is 15.9 Å². The Labute approximate surface area is 97.8 Å². The van der Waals surface area contributed by atoms with Crippen molar-refractivity contribution in [1.82, 2.24) is 9.88 Å². The molecule has 0 aliphatic rings. The second-order valence-electron chi connectivity index (χ2n) is 3.55. The molecule has 0 saturated heterocycles. The van der Waals surface area contributed by atoms with E-state index in [1.807, 2.05) is 32.0 Å². The van der Waals surface area contributed by atoms with Gasteiger partial charge in [-0.3, -0.25) is 4.79 Å². The van der Waals surface area contributed by atoms with Crippen molar-refractivity contribution in [2.24, 2.45) is 0 Å². The number of aromatic nitrogens is 1. The number of hydrogen-bond acceptors (Lipinski definition) is 3. The zero-order valence-corrected chi connectivity index (χ0v) is 10.6. The first-order valence-corrected chi connectivity index (χ1v) is 5.36. The number of nitrogens with one attached hydrogen (secondary N) is 1. The van der Waals surface area contributed by atoms with Gasteiger partial charge >= 0.3 is 0 Å². The van der Waals surface area contributed by atoms with E-state index in [-0.39, 0.29) is 5.91 Å². The largest absolute Gasteiger partial charge is 0.323 e. The average molecular weight is 272 g/mol. The van der Waals surface area contributed by atoms with E-state index in [1.54, 1.807) is 6.07 Å². The molecule has 1 heterocycles. The zero-order chi connectivity index (χ0) is 11.4. The summed E-state index contributed by atoms with van der Waals surface area (Å²) < 4.78 is 0.769. The average Bonchev–Trinajstić information content (AvgIpc) is 2.08. The monoisotopic (exact) mass is 271 g/mol. The van der Waals surface area contributed by atoms with Crippen molar-refractivity contribution in [3.63, 3.8) is 0 Å². The Morgan fingerprint density at radius 2 is 2.20 bits per heavy atom. The van der Waals surface area contributed by atoms with Crippen LogP contribution in [0.1, 0.15) is 5.69 Å². The molecule has 1 rings (SSSR count). The predicted octanol–water partition coefficient (Wildman–Crippen LogP) is 1.65. The molecule has 0 radical (unpaired) electrons. The van der Waals surface area contributed by atoms with E-state index in [1.165, 1.54) is 0 Å². The van der Waals surface area contributed by atoms with Crippen molar-refractivity contribution in [1.29, 1.82) is 0 Å². The smallest absolute Gasteiger partial charge is 0.238 e. The summed E-state index contributed by atoms with van der Waals surface area (Å²) in [5.74, 6) is -0.0350. The number of carbonyl (C=O) groups is 1. The van der Waals surface area contributed by atoms with Crippen LogP contribution in [0.4, 0.5) is 5.69 Å². The molecule has 1 amide bonds. The second kappa shape index (κ2) is 5.23. The molecule has 82 valence electrons. The van der Waals surface area contributed by atoms with Gasteiger partial charge in [0.1, 0.15) is 4.60 Å². The molecule has 0 bridgehead atoms. The molecule has 5 heteroatoms. The molecule has 0 fully saturated rings. The maximum Gasteiger partial charge on any atom is 0.238 e. The zero-order valence-electron chi connectivity index (χ0n) is 9.04. The number of aryl methyl sites for hydroxylation is 1. The summed E-state index contributed by atoms with van der Waals surface area (Å²) in [5.41, 5.74) is 1.56. The van der Waals surface area contributed by atoms with Crippen LogP contribution in [0.2, 0.25) is 0 Å². The molecule has 0 aliphatic carbocycles. The summed E-state index contributed by atoms with van der Waals surface area (Å²) in [6.07, 6.45) is 0. The molecule has 4 nitrogen and oxygen atoms in total. The van der Waals surface area contributed by atoms with Crippen LogP contribution in [0.25, 0.3) is 0 Å². The fourth-order valence-corrected chi connectivity index (χ4v) is 1.54. The third-order valence-corrected chi connectivity index (χ3v) is 2.23. The maximum absolute atomic E-state index is 11.5. The Balaban J connectivity index is 2.68. The number of nitrogens with zero attached hydrogens (tertiary/aromatic N) is 2. The number of likely N-dealkylation sites (N-methyl/N-ethyl adjacent to an activating group) is 1. The molecule has 0 unspecified atom stereocenters. The van der Waals surface area contributed by atoms with Crippen LogP contribution in [0, 0.1) is 6.92 Å². The Hall–Kier alpha value is -0.940. The van der Waals surface area contributed by atoms with E-state index < -0.39 is 0 Å². The highest BCUT2D eigenvalue weighted by Gasteiger charge is 2.06. The first-order valence-electron chi connectivity index (χ1n) is 4.57. The summed E-state index contributed by atoms with van der Waals surface area (Å²) in [5, 5.41) is 2.80. The van der Waals surface area contributed by atoms with Gasteiger partial charge in [0.05, 0.1) is 17.9 Å². The van der Waals surface area contributed by atoms with Crippen LogP contribution in [-0.2, 0) is 4.79 Å². The molecule has 0 spiro atoms. The highest BCUT2D eigenvalue weighted by Crippen LogP contribution is 2.15. The fraction of sp³-hybridized carbons (Fsp3) is 0.400. The van der Waals surface area contributed by atoms with Gasteiger partial charge < -0.3 is 10.2 Å². The van der Waals surface area contributed by atoms with E-state index in [2.05, 4.69) is 26.2 Å². The number of rotatable bonds is 3. The second-order valence-corrected chi connectivity index (χ2v) is 4.37. The molecule has 15 heavy (non-hydrogen) atoms. The number of carbonyl (C=O) groups excluding carboxylic acids is 1. The number of amides is 1. The number of anilines is 1. The first-order chi connectivity index (χ1) is 6.99. The third kappa shape index (κ3) is 3.97. The van der Waals surface area contributed by atoms with Crippen molar-refractivity contribution < 1.29 is 4.79 Å². The lowest BCUT2D eigenvalue weighted by Crippen LogP contribution is -2.27. The van der Waals surface area contributed by atoms with Gasteiger partial charge in [0.15, 0.2) is 0 Å². The highest BCUT2D eigenvalue weighted by molar-refractivity contribution is 9.10. The predicted molar refractivity (Wildman–Crippen MR) is 63.9 cm³/mol. The van der Waals surface area contributed by atoms with Crippen LogP contribution in [0.15, 0.2) is 16.7 Å². The van der Waals surface area contributed by atoms with E-state index in [4.69, 9.17) is 0 Å². The van der Waals surface area contributed by atoms with Gasteiger partial charge in [-0.15, -0.1) is 0 Å². The van der Waals surface area contributed by atoms with Crippen molar-refractivity contribution >= 4 is 27.5 Å². The fourth-order valence-electron chi connectivity index (χ4n) is 1.14. The van der Waals surface area contributed by atoms with Crippen LogP contribution < -0.4 is 5.32 Å². The molecular formula is C10H14BrN3O. The molecule has 0 saturated carbocycles. The summed E-state index contributed by atoms with van der Waals surface area (Å²) in [6, 6.07) is 3.64.